The van der Waals surface area contributed by atoms with Crippen LogP contribution >= 0.6 is 0 Å². The third-order valence-corrected chi connectivity index (χ3v) is 13.4. The zero-order valence-corrected chi connectivity index (χ0v) is 38.1. The van der Waals surface area contributed by atoms with Crippen LogP contribution in [0.25, 0.3) is 0 Å². The Labute approximate surface area is 411 Å². The Balaban J connectivity index is 1.31. The normalized spacial score (nSPS) is 51.3. The van der Waals surface area contributed by atoms with Crippen LogP contribution in [0.1, 0.15) is 0 Å². The molecule has 0 saturated carbocycles. The van der Waals surface area contributed by atoms with Gasteiger partial charge in [0.25, 0.3) is 0 Å². The Morgan fingerprint density at radius 3 is 1.19 bits per heavy atom. The smallest absolute Gasteiger partial charge is 0.187 e. The van der Waals surface area contributed by atoms with E-state index in [1.165, 1.54) is 0 Å². The van der Waals surface area contributed by atoms with E-state index in [1.807, 2.05) is 0 Å². The van der Waals surface area contributed by atoms with Gasteiger partial charge >= 0.3 is 0 Å². The highest BCUT2D eigenvalue weighted by atomic mass is 16.8. The maximum absolute atomic E-state index is 11.8. The van der Waals surface area contributed by atoms with Gasteiger partial charge in [-0.05, 0) is 0 Å². The van der Waals surface area contributed by atoms with Crippen LogP contribution in [0.5, 0.6) is 0 Å². The summed E-state index contributed by atoms with van der Waals surface area (Å²) in [5.74, 6) is 0. The minimum Gasteiger partial charge on any atom is -0.394 e. The molecule has 6 aliphatic rings. The highest BCUT2D eigenvalue weighted by molar-refractivity contribution is 5.01. The Kier molecular flexibility index (Phi) is 21.7. The quantitative estimate of drug-likeness (QED) is 0.0571. The molecule has 0 radical (unpaired) electrons. The van der Waals surface area contributed by atoms with E-state index in [-0.39, 0.29) is 0 Å². The molecule has 34 heteroatoms. The molecule has 33 atom stereocenters. The maximum atomic E-state index is 11.8. The molecule has 6 aliphatic heterocycles. The van der Waals surface area contributed by atoms with E-state index >= 15 is 0 Å². The van der Waals surface area contributed by atoms with Crippen LogP contribution in [0.2, 0.25) is 0 Å². The number of aliphatic hydroxyl groups excluding tert-OH is 23. The van der Waals surface area contributed by atoms with Crippen molar-refractivity contribution >= 4 is 0 Å². The molecule has 0 aromatic rings. The van der Waals surface area contributed by atoms with Gasteiger partial charge in [0.2, 0.25) is 0 Å². The van der Waals surface area contributed by atoms with Gasteiger partial charge in [0.15, 0.2) is 37.7 Å². The van der Waals surface area contributed by atoms with Gasteiger partial charge in [-0.15, -0.1) is 0 Å². The van der Waals surface area contributed by atoms with Gasteiger partial charge in [-0.1, -0.05) is 0 Å². The van der Waals surface area contributed by atoms with Crippen molar-refractivity contribution < 1.29 is 170 Å². The highest BCUT2D eigenvalue weighted by Gasteiger charge is 2.58. The molecule has 6 heterocycles. The number of ether oxygens (including phenoxy) is 11. The fourth-order valence-electron chi connectivity index (χ4n) is 8.98. The molecule has 428 valence electrons. The molecular weight excluding hydrogens is 1010 g/mol. The van der Waals surface area contributed by atoms with E-state index in [2.05, 4.69) is 0 Å². The number of hydrogen-bond acceptors (Lipinski definition) is 34. The standard InChI is InChI=1S/C39H68O34/c40-1-7(44)28-19(53)18(52)21(55)36(69-28)63-5-9(46)30-24(58)33(27(61)39(70-30)72-32-23(57)29(8(45)2-41)68-34(62)25(32)59)73-38-26(60)31(71-37-22(56)17(51)14(48)11(4-43)66-37)15(49)12(67-38)6-64-35-20(54)16(50)13(47)10(3-42)65-35/h7-62H,1-6H2/t7-,8-,9-,10+,11+,12+,13-,14-,15+,16-,17-,18-,19-,20+,21-,22+,23+,24+,25-,26+,27-,28+,29+,30+,31-,32-,33-,34-,35-,36-,37+,38+,39+/m0/s1. The summed E-state index contributed by atoms with van der Waals surface area (Å²) in [4.78, 5) is 0. The molecule has 6 fully saturated rings. The molecule has 6 saturated heterocycles. The lowest BCUT2D eigenvalue weighted by Gasteiger charge is -2.50. The molecule has 34 nitrogen and oxygen atoms in total. The first-order valence-corrected chi connectivity index (χ1v) is 22.9. The SMILES string of the molecule is OC[C@H](O)[C@H]1O[C@H](OC[C@H](O)[C@H]2O[C@H](O[C@H]3[C@H](O)[C@@H]([C@@H](O)CO)O[C@H](O)[C@H]3O)[C@@H](O)[C@@H](O[C@H]3O[C@H](CO[C@H]4O[C@H](CO)[C@H](O)[C@H](O)[C@H]4O)[C@@H](O)[C@H](O[C@H]4O[C@H](CO)[C@H](O)[C@H](O)[C@H]4O)[C@H]3O)[C@@H]2O)[C@@H](O)[C@@H](O)[C@@H]1O. The van der Waals surface area contributed by atoms with Gasteiger partial charge in [-0.3, -0.25) is 0 Å². The van der Waals surface area contributed by atoms with Crippen molar-refractivity contribution in [2.45, 2.75) is 203 Å². The Bertz CT molecular complexity index is 1660. The maximum Gasteiger partial charge on any atom is 0.187 e. The molecule has 0 aromatic carbocycles. The summed E-state index contributed by atoms with van der Waals surface area (Å²) in [5.41, 5.74) is 0. The second-order valence-corrected chi connectivity index (χ2v) is 18.3. The van der Waals surface area contributed by atoms with Crippen molar-refractivity contribution in [3.05, 3.63) is 0 Å². The van der Waals surface area contributed by atoms with Crippen LogP contribution in [0.15, 0.2) is 0 Å². The average Bonchev–Trinajstić information content (AvgIpc) is 3.37. The third-order valence-electron chi connectivity index (χ3n) is 13.4. The summed E-state index contributed by atoms with van der Waals surface area (Å²) in [6, 6.07) is 0. The van der Waals surface area contributed by atoms with Gasteiger partial charge in [0.05, 0.1) is 39.6 Å². The summed E-state index contributed by atoms with van der Waals surface area (Å²) in [7, 11) is 0. The average molecular weight is 1080 g/mol. The predicted octanol–water partition coefficient (Wildman–Crippen LogP) is -16.0. The van der Waals surface area contributed by atoms with Gasteiger partial charge in [-0.25, -0.2) is 0 Å². The van der Waals surface area contributed by atoms with E-state index in [0.29, 0.717) is 0 Å². The van der Waals surface area contributed by atoms with Crippen LogP contribution in [0.3, 0.4) is 0 Å². The van der Waals surface area contributed by atoms with Crippen molar-refractivity contribution in [2.75, 3.05) is 39.6 Å². The highest BCUT2D eigenvalue weighted by Crippen LogP contribution is 2.36. The molecule has 0 aromatic heterocycles. The van der Waals surface area contributed by atoms with Crippen LogP contribution in [-0.4, -0.2) is 360 Å². The van der Waals surface area contributed by atoms with Crippen LogP contribution in [0, 0.1) is 0 Å². The predicted molar refractivity (Wildman–Crippen MR) is 217 cm³/mol. The minimum atomic E-state index is -2.46. The molecular formula is C39H68O34. The van der Waals surface area contributed by atoms with Crippen molar-refractivity contribution in [3.8, 4) is 0 Å². The summed E-state index contributed by atoms with van der Waals surface area (Å²) < 4.78 is 60.6. The lowest BCUT2D eigenvalue weighted by atomic mass is 9.93. The number of hydrogen-bond donors (Lipinski definition) is 23. The second-order valence-electron chi connectivity index (χ2n) is 18.3. The molecule has 0 aliphatic carbocycles. The summed E-state index contributed by atoms with van der Waals surface area (Å²) in [6.07, 6.45) is -68.7. The van der Waals surface area contributed by atoms with E-state index in [4.69, 9.17) is 52.1 Å². The van der Waals surface area contributed by atoms with Crippen LogP contribution < -0.4 is 0 Å². The third kappa shape index (κ3) is 12.9. The Morgan fingerprint density at radius 2 is 0.685 bits per heavy atom. The minimum absolute atomic E-state index is 0.899. The molecule has 73 heavy (non-hydrogen) atoms. The van der Waals surface area contributed by atoms with E-state index in [9.17, 15) is 117 Å². The fraction of sp³-hybridized carbons (Fsp3) is 1.00. The number of aliphatic hydroxyl groups is 23. The zero-order chi connectivity index (χ0) is 54.1. The van der Waals surface area contributed by atoms with Crippen molar-refractivity contribution in [2.24, 2.45) is 0 Å². The molecule has 0 unspecified atom stereocenters. The first-order valence-electron chi connectivity index (χ1n) is 22.9. The van der Waals surface area contributed by atoms with E-state index < -0.39 is 242 Å². The molecule has 23 N–H and O–H groups in total. The largest absolute Gasteiger partial charge is 0.394 e. The summed E-state index contributed by atoms with van der Waals surface area (Å²) >= 11 is 0. The first-order chi connectivity index (χ1) is 34.4. The summed E-state index contributed by atoms with van der Waals surface area (Å²) in [5, 5.41) is 244. The van der Waals surface area contributed by atoms with Crippen LogP contribution in [-0.2, 0) is 52.1 Å². The Morgan fingerprint density at radius 1 is 0.315 bits per heavy atom. The Hall–Kier alpha value is -1.36. The van der Waals surface area contributed by atoms with Crippen molar-refractivity contribution in [3.63, 3.8) is 0 Å². The molecule has 0 bridgehead atoms. The molecule has 6 rings (SSSR count). The first kappa shape index (κ1) is 60.9. The molecule has 0 amide bonds. The van der Waals surface area contributed by atoms with Gasteiger partial charge in [-0.2, -0.15) is 0 Å². The fourth-order valence-corrected chi connectivity index (χ4v) is 8.98. The van der Waals surface area contributed by atoms with E-state index in [1.54, 1.807) is 0 Å². The lowest BCUT2D eigenvalue weighted by molar-refractivity contribution is -0.396. The molecule has 0 spiro atoms. The van der Waals surface area contributed by atoms with E-state index in [0.717, 1.165) is 0 Å². The van der Waals surface area contributed by atoms with Crippen molar-refractivity contribution in [1.29, 1.82) is 0 Å². The topological polar surface area (TPSA) is 567 Å². The zero-order valence-electron chi connectivity index (χ0n) is 38.1. The van der Waals surface area contributed by atoms with Gasteiger partial charge < -0.3 is 170 Å². The van der Waals surface area contributed by atoms with Gasteiger partial charge in [0.1, 0.15) is 165 Å². The van der Waals surface area contributed by atoms with Crippen LogP contribution in [0.4, 0.5) is 0 Å². The second kappa shape index (κ2) is 26.1. The lowest BCUT2D eigenvalue weighted by Crippen LogP contribution is -2.69. The summed E-state index contributed by atoms with van der Waals surface area (Å²) in [6.45, 7) is -6.04. The van der Waals surface area contributed by atoms with Crippen molar-refractivity contribution in [1.82, 2.24) is 0 Å². The monoisotopic (exact) mass is 1080 g/mol. The van der Waals surface area contributed by atoms with Gasteiger partial charge in [0, 0.05) is 0 Å². The number of rotatable bonds is 19.